The maximum atomic E-state index is 13.6. The molecule has 2 saturated heterocycles. The molecule has 1 aromatic carbocycles. The number of aryl methyl sites for hydroxylation is 1. The van der Waals surface area contributed by atoms with Crippen molar-refractivity contribution >= 4 is 23.7 Å². The van der Waals surface area contributed by atoms with Crippen molar-refractivity contribution in [1.29, 1.82) is 0 Å². The molecule has 0 spiro atoms. The maximum absolute atomic E-state index is 13.6. The van der Waals surface area contributed by atoms with Crippen molar-refractivity contribution in [2.75, 3.05) is 32.0 Å². The number of carbonyl (C=O) groups excluding carboxylic acids is 2. The molecular weight excluding hydrogens is 450 g/mol. The molecule has 0 bridgehead atoms. The molecule has 186 valence electrons. The summed E-state index contributed by atoms with van der Waals surface area (Å²) in [6.45, 7) is 2.91. The molecule has 0 unspecified atom stereocenters. The molecule has 1 aromatic heterocycles. The third-order valence-corrected chi connectivity index (χ3v) is 6.67. The molecule has 4 N–H and O–H groups in total. The first kappa shape index (κ1) is 24.5. The Morgan fingerprint density at radius 2 is 1.91 bits per heavy atom. The Kier molecular flexibility index (Phi) is 7.50. The number of benzene rings is 1. The van der Waals surface area contributed by atoms with Crippen molar-refractivity contribution in [3.8, 4) is 0 Å². The first-order chi connectivity index (χ1) is 16.8. The van der Waals surface area contributed by atoms with Crippen molar-refractivity contribution in [3.63, 3.8) is 0 Å². The van der Waals surface area contributed by atoms with Gasteiger partial charge in [0.15, 0.2) is 0 Å². The van der Waals surface area contributed by atoms with Crippen molar-refractivity contribution < 1.29 is 24.2 Å². The number of nitrogens with two attached hydrogens (primary N) is 1. The van der Waals surface area contributed by atoms with Crippen LogP contribution in [-0.2, 0) is 27.3 Å². The van der Waals surface area contributed by atoms with Gasteiger partial charge in [0.1, 0.15) is 17.9 Å². The predicted octanol–water partition coefficient (Wildman–Crippen LogP) is 1.43. The topological polar surface area (TPSA) is 138 Å². The van der Waals surface area contributed by atoms with Crippen molar-refractivity contribution in [1.82, 2.24) is 20.1 Å². The van der Waals surface area contributed by atoms with E-state index in [1.165, 1.54) is 9.80 Å². The Balaban J connectivity index is 1.44. The number of morpholine rings is 1. The summed E-state index contributed by atoms with van der Waals surface area (Å²) in [5.41, 5.74) is 8.33. The van der Waals surface area contributed by atoms with Gasteiger partial charge in [-0.3, -0.25) is 14.5 Å². The highest BCUT2D eigenvalue weighted by atomic mass is 16.5. The number of nitrogens with zero attached hydrogens (tertiary/aromatic N) is 3. The number of amides is 3. The molecule has 10 heteroatoms. The highest BCUT2D eigenvalue weighted by Gasteiger charge is 2.44. The molecule has 4 rings (SSSR count). The third kappa shape index (κ3) is 5.71. The lowest BCUT2D eigenvalue weighted by Crippen LogP contribution is -2.59. The fourth-order valence-corrected chi connectivity index (χ4v) is 4.84. The van der Waals surface area contributed by atoms with Crippen LogP contribution in [0, 0.1) is 12.8 Å². The number of rotatable bonds is 6. The normalized spacial score (nSPS) is 22.1. The average Bonchev–Trinajstić information content (AvgIpc) is 3.27. The van der Waals surface area contributed by atoms with Crippen LogP contribution >= 0.6 is 0 Å². The van der Waals surface area contributed by atoms with Crippen LogP contribution in [0.5, 0.6) is 0 Å². The second-order valence-electron chi connectivity index (χ2n) is 9.06. The van der Waals surface area contributed by atoms with Gasteiger partial charge in [0.25, 0.3) is 0 Å². The zero-order valence-corrected chi connectivity index (χ0v) is 19.7. The number of carboxylic acid groups (broad SMARTS) is 1. The van der Waals surface area contributed by atoms with E-state index < -0.39 is 18.2 Å². The van der Waals surface area contributed by atoms with Crippen LogP contribution in [0.2, 0.25) is 0 Å². The Bertz CT molecular complexity index is 1080. The SMILES string of the molecule is Cc1nc(N)ccc1CNC(=O)[C@@H]1COCCN1C(=O)[C@H]1C[C@H](Cc2ccccc2)CN1C(=O)O. The Hall–Kier alpha value is -3.66. The van der Waals surface area contributed by atoms with Gasteiger partial charge in [-0.25, -0.2) is 9.78 Å². The summed E-state index contributed by atoms with van der Waals surface area (Å²) in [6.07, 6.45) is -0.0159. The molecule has 2 fully saturated rings. The molecule has 10 nitrogen and oxygen atoms in total. The highest BCUT2D eigenvalue weighted by molar-refractivity contribution is 5.91. The first-order valence-corrected chi connectivity index (χ1v) is 11.7. The Morgan fingerprint density at radius 3 is 2.63 bits per heavy atom. The number of hydrogen-bond acceptors (Lipinski definition) is 6. The lowest BCUT2D eigenvalue weighted by molar-refractivity contribution is -0.151. The van der Waals surface area contributed by atoms with Crippen molar-refractivity contribution in [3.05, 3.63) is 59.3 Å². The molecule has 2 aliphatic heterocycles. The van der Waals surface area contributed by atoms with Crippen LogP contribution in [0.15, 0.2) is 42.5 Å². The van der Waals surface area contributed by atoms with Crippen molar-refractivity contribution in [2.45, 2.75) is 38.4 Å². The summed E-state index contributed by atoms with van der Waals surface area (Å²) in [7, 11) is 0. The number of hydrogen-bond donors (Lipinski definition) is 3. The van der Waals surface area contributed by atoms with Gasteiger partial charge in [0.05, 0.1) is 13.2 Å². The zero-order chi connectivity index (χ0) is 24.9. The number of nitrogens with one attached hydrogen (secondary N) is 1. The van der Waals surface area contributed by atoms with E-state index in [2.05, 4.69) is 10.3 Å². The number of anilines is 1. The minimum absolute atomic E-state index is 0.0248. The van der Waals surface area contributed by atoms with Crippen LogP contribution in [0.4, 0.5) is 10.6 Å². The summed E-state index contributed by atoms with van der Waals surface area (Å²) in [4.78, 5) is 45.4. The van der Waals surface area contributed by atoms with Gasteiger partial charge in [-0.05, 0) is 42.9 Å². The van der Waals surface area contributed by atoms with E-state index >= 15 is 0 Å². The Morgan fingerprint density at radius 1 is 1.14 bits per heavy atom. The monoisotopic (exact) mass is 481 g/mol. The first-order valence-electron chi connectivity index (χ1n) is 11.7. The van der Waals surface area contributed by atoms with Crippen LogP contribution < -0.4 is 11.1 Å². The second-order valence-corrected chi connectivity index (χ2v) is 9.06. The summed E-state index contributed by atoms with van der Waals surface area (Å²) >= 11 is 0. The molecule has 3 amide bonds. The van der Waals surface area contributed by atoms with E-state index in [1.54, 1.807) is 12.1 Å². The fraction of sp³-hybridized carbons (Fsp3) is 0.440. The summed E-state index contributed by atoms with van der Waals surface area (Å²) in [5, 5.41) is 12.6. The second kappa shape index (κ2) is 10.7. The maximum Gasteiger partial charge on any atom is 0.407 e. The number of nitrogen functional groups attached to an aromatic ring is 1. The molecule has 0 radical (unpaired) electrons. The van der Waals surface area contributed by atoms with Gasteiger partial charge in [0.2, 0.25) is 11.8 Å². The van der Waals surface area contributed by atoms with Gasteiger partial charge < -0.3 is 25.8 Å². The van der Waals surface area contributed by atoms with Gasteiger partial charge in [-0.1, -0.05) is 36.4 Å². The van der Waals surface area contributed by atoms with E-state index in [1.807, 2.05) is 37.3 Å². The summed E-state index contributed by atoms with van der Waals surface area (Å²) in [6, 6.07) is 11.6. The van der Waals surface area contributed by atoms with Gasteiger partial charge in [0, 0.05) is 25.3 Å². The van der Waals surface area contributed by atoms with Gasteiger partial charge in [-0.15, -0.1) is 0 Å². The lowest BCUT2D eigenvalue weighted by atomic mass is 9.96. The molecule has 0 aliphatic carbocycles. The number of likely N-dealkylation sites (tertiary alicyclic amines) is 1. The van der Waals surface area contributed by atoms with E-state index in [9.17, 15) is 19.5 Å². The molecule has 35 heavy (non-hydrogen) atoms. The molecular formula is C25H31N5O5. The fourth-order valence-electron chi connectivity index (χ4n) is 4.84. The number of ether oxygens (including phenoxy) is 1. The minimum atomic E-state index is -1.13. The van der Waals surface area contributed by atoms with E-state index in [0.29, 0.717) is 31.0 Å². The third-order valence-electron chi connectivity index (χ3n) is 6.67. The summed E-state index contributed by atoms with van der Waals surface area (Å²) < 4.78 is 5.50. The quantitative estimate of drug-likeness (QED) is 0.567. The smallest absolute Gasteiger partial charge is 0.407 e. The number of carbonyl (C=O) groups is 3. The van der Waals surface area contributed by atoms with Gasteiger partial charge >= 0.3 is 6.09 Å². The van der Waals surface area contributed by atoms with E-state index in [4.69, 9.17) is 10.5 Å². The molecule has 0 saturated carbocycles. The number of pyridine rings is 1. The van der Waals surface area contributed by atoms with Crippen molar-refractivity contribution in [2.24, 2.45) is 5.92 Å². The molecule has 3 heterocycles. The van der Waals surface area contributed by atoms with E-state index in [0.717, 1.165) is 11.1 Å². The van der Waals surface area contributed by atoms with Gasteiger partial charge in [-0.2, -0.15) is 0 Å². The number of aromatic nitrogens is 1. The highest BCUT2D eigenvalue weighted by Crippen LogP contribution is 2.29. The van der Waals surface area contributed by atoms with Crippen LogP contribution in [0.1, 0.15) is 23.2 Å². The largest absolute Gasteiger partial charge is 0.465 e. The van der Waals surface area contributed by atoms with Crippen LogP contribution in [0.3, 0.4) is 0 Å². The van der Waals surface area contributed by atoms with E-state index in [-0.39, 0.29) is 44.0 Å². The molecule has 3 atom stereocenters. The van der Waals surface area contributed by atoms with Crippen LogP contribution in [-0.4, -0.2) is 76.2 Å². The predicted molar refractivity (Wildman–Crippen MR) is 128 cm³/mol. The lowest BCUT2D eigenvalue weighted by Gasteiger charge is -2.37. The summed E-state index contributed by atoms with van der Waals surface area (Å²) in [5.74, 6) is -0.274. The molecule has 2 aliphatic rings. The molecule has 2 aromatic rings. The zero-order valence-electron chi connectivity index (χ0n) is 19.7. The average molecular weight is 482 g/mol. The minimum Gasteiger partial charge on any atom is -0.465 e. The standard InChI is InChI=1S/C25H31N5O5/c1-16-19(7-8-22(26)28-16)13-27-23(31)21-15-35-10-9-29(21)24(32)20-12-18(14-30(20)25(33)34)11-17-5-3-2-4-6-17/h2-8,18,20-21H,9-15H2,1H3,(H2,26,28)(H,27,31)(H,33,34)/t18-,20+,21-/m0/s1. The Labute approximate surface area is 204 Å². The van der Waals surface area contributed by atoms with Crippen LogP contribution in [0.25, 0.3) is 0 Å².